The molecule has 1 unspecified atom stereocenters. The minimum absolute atomic E-state index is 0.480. The maximum absolute atomic E-state index is 10.4. The summed E-state index contributed by atoms with van der Waals surface area (Å²) in [5.74, 6) is 0. The third kappa shape index (κ3) is 3.32. The molecule has 0 bridgehead atoms. The van der Waals surface area contributed by atoms with Gasteiger partial charge >= 0.3 is 0 Å². The summed E-state index contributed by atoms with van der Waals surface area (Å²) in [4.78, 5) is 5.32. The largest absolute Gasteiger partial charge is 0.387 e. The Hall–Kier alpha value is -2.10. The zero-order valence-electron chi connectivity index (χ0n) is 12.2. The number of nitrogens with one attached hydrogen (secondary N) is 1. The van der Waals surface area contributed by atoms with Crippen molar-refractivity contribution in [2.45, 2.75) is 12.6 Å². The van der Waals surface area contributed by atoms with Crippen molar-refractivity contribution >= 4 is 10.9 Å². The zero-order chi connectivity index (χ0) is 14.7. The van der Waals surface area contributed by atoms with E-state index in [0.29, 0.717) is 6.54 Å². The molecule has 0 aliphatic carbocycles. The number of aromatic nitrogens is 1. The molecule has 0 radical (unpaired) electrons. The van der Waals surface area contributed by atoms with Crippen LogP contribution in [0.3, 0.4) is 0 Å². The summed E-state index contributed by atoms with van der Waals surface area (Å²) in [5.41, 5.74) is 3.27. The molecule has 0 aliphatic rings. The molecule has 108 valence electrons. The summed E-state index contributed by atoms with van der Waals surface area (Å²) in [6, 6.07) is 18.4. The average molecular weight is 280 g/mol. The molecule has 3 heteroatoms. The van der Waals surface area contributed by atoms with Crippen LogP contribution in [0.5, 0.6) is 0 Å². The SMILES string of the molecule is CN(Cc1ccccc1)CC(O)c1ccc2cc[nH]c2c1. The van der Waals surface area contributed by atoms with Crippen LogP contribution in [0.4, 0.5) is 0 Å². The number of hydrogen-bond donors (Lipinski definition) is 2. The minimum Gasteiger partial charge on any atom is -0.387 e. The van der Waals surface area contributed by atoms with Crippen molar-refractivity contribution in [2.75, 3.05) is 13.6 Å². The first kappa shape index (κ1) is 13.9. The Bertz CT molecular complexity index is 705. The van der Waals surface area contributed by atoms with E-state index in [9.17, 15) is 5.11 Å². The second-order valence-corrected chi connectivity index (χ2v) is 5.52. The Labute approximate surface area is 124 Å². The number of fused-ring (bicyclic) bond motifs is 1. The molecule has 0 amide bonds. The highest BCUT2D eigenvalue weighted by Crippen LogP contribution is 2.20. The molecule has 0 spiro atoms. The molecule has 3 rings (SSSR count). The predicted octanol–water partition coefficient (Wildman–Crippen LogP) is 3.33. The number of nitrogens with zero attached hydrogens (tertiary/aromatic N) is 1. The lowest BCUT2D eigenvalue weighted by Gasteiger charge is -2.21. The van der Waals surface area contributed by atoms with Gasteiger partial charge in [-0.15, -0.1) is 0 Å². The van der Waals surface area contributed by atoms with Gasteiger partial charge in [-0.05, 0) is 35.7 Å². The fraction of sp³-hybridized carbons (Fsp3) is 0.222. The maximum Gasteiger partial charge on any atom is 0.0917 e. The molecule has 2 aromatic carbocycles. The van der Waals surface area contributed by atoms with Gasteiger partial charge in [-0.2, -0.15) is 0 Å². The van der Waals surface area contributed by atoms with Crippen LogP contribution < -0.4 is 0 Å². The lowest BCUT2D eigenvalue weighted by atomic mass is 10.1. The van der Waals surface area contributed by atoms with E-state index in [1.807, 2.05) is 55.7 Å². The van der Waals surface area contributed by atoms with Crippen molar-refractivity contribution in [2.24, 2.45) is 0 Å². The van der Waals surface area contributed by atoms with Crippen LogP contribution in [-0.2, 0) is 6.54 Å². The molecular weight excluding hydrogens is 260 g/mol. The van der Waals surface area contributed by atoms with E-state index in [2.05, 4.69) is 22.0 Å². The molecule has 3 nitrogen and oxygen atoms in total. The Morgan fingerprint density at radius 2 is 1.90 bits per heavy atom. The Morgan fingerprint density at radius 3 is 2.71 bits per heavy atom. The maximum atomic E-state index is 10.4. The van der Waals surface area contributed by atoms with Crippen LogP contribution in [-0.4, -0.2) is 28.6 Å². The van der Waals surface area contributed by atoms with E-state index in [0.717, 1.165) is 17.6 Å². The van der Waals surface area contributed by atoms with Gasteiger partial charge in [-0.25, -0.2) is 0 Å². The van der Waals surface area contributed by atoms with E-state index in [1.165, 1.54) is 10.9 Å². The van der Waals surface area contributed by atoms with Gasteiger partial charge in [0.15, 0.2) is 0 Å². The highest BCUT2D eigenvalue weighted by atomic mass is 16.3. The predicted molar refractivity (Wildman–Crippen MR) is 86.0 cm³/mol. The van der Waals surface area contributed by atoms with Gasteiger partial charge in [0, 0.05) is 24.8 Å². The smallest absolute Gasteiger partial charge is 0.0917 e. The first-order valence-electron chi connectivity index (χ1n) is 7.20. The van der Waals surface area contributed by atoms with Gasteiger partial charge in [0.2, 0.25) is 0 Å². The highest BCUT2D eigenvalue weighted by molar-refractivity contribution is 5.79. The van der Waals surface area contributed by atoms with E-state index in [1.54, 1.807) is 0 Å². The first-order chi connectivity index (χ1) is 10.2. The van der Waals surface area contributed by atoms with Crippen LogP contribution in [0.15, 0.2) is 60.8 Å². The molecule has 2 N–H and O–H groups in total. The number of aromatic amines is 1. The van der Waals surface area contributed by atoms with Gasteiger partial charge < -0.3 is 10.1 Å². The summed E-state index contributed by atoms with van der Waals surface area (Å²) >= 11 is 0. The molecule has 0 fully saturated rings. The van der Waals surface area contributed by atoms with Crippen molar-refractivity contribution in [3.8, 4) is 0 Å². The molecule has 3 aromatic rings. The van der Waals surface area contributed by atoms with Crippen molar-refractivity contribution in [3.05, 3.63) is 71.9 Å². The van der Waals surface area contributed by atoms with Gasteiger partial charge in [0.05, 0.1) is 6.10 Å². The van der Waals surface area contributed by atoms with Crippen LogP contribution in [0.2, 0.25) is 0 Å². The topological polar surface area (TPSA) is 39.3 Å². The highest BCUT2D eigenvalue weighted by Gasteiger charge is 2.11. The van der Waals surface area contributed by atoms with Gasteiger partial charge in [-0.1, -0.05) is 42.5 Å². The van der Waals surface area contributed by atoms with Crippen LogP contribution >= 0.6 is 0 Å². The lowest BCUT2D eigenvalue weighted by Crippen LogP contribution is -2.24. The zero-order valence-corrected chi connectivity index (χ0v) is 12.2. The standard InChI is InChI=1S/C18H20N2O/c1-20(12-14-5-3-2-4-6-14)13-18(21)16-8-7-15-9-10-19-17(15)11-16/h2-11,18-19,21H,12-13H2,1H3. The summed E-state index contributed by atoms with van der Waals surface area (Å²) in [6.07, 6.45) is 1.44. The summed E-state index contributed by atoms with van der Waals surface area (Å²) in [5, 5.41) is 11.6. The first-order valence-corrected chi connectivity index (χ1v) is 7.20. The third-order valence-corrected chi connectivity index (χ3v) is 3.74. The summed E-state index contributed by atoms with van der Waals surface area (Å²) < 4.78 is 0. The van der Waals surface area contributed by atoms with Crippen LogP contribution in [0.25, 0.3) is 10.9 Å². The van der Waals surface area contributed by atoms with Crippen molar-refractivity contribution < 1.29 is 5.11 Å². The summed E-state index contributed by atoms with van der Waals surface area (Å²) in [6.45, 7) is 1.45. The molecule has 0 saturated heterocycles. The van der Waals surface area contributed by atoms with Gasteiger partial charge in [-0.3, -0.25) is 4.90 Å². The number of hydrogen-bond acceptors (Lipinski definition) is 2. The number of aliphatic hydroxyl groups is 1. The second kappa shape index (κ2) is 6.12. The Balaban J connectivity index is 1.66. The fourth-order valence-electron chi connectivity index (χ4n) is 2.63. The Morgan fingerprint density at radius 1 is 1.10 bits per heavy atom. The van der Waals surface area contributed by atoms with E-state index in [4.69, 9.17) is 0 Å². The fourth-order valence-corrected chi connectivity index (χ4v) is 2.63. The van der Waals surface area contributed by atoms with E-state index >= 15 is 0 Å². The normalized spacial score (nSPS) is 12.9. The number of likely N-dealkylation sites (N-methyl/N-ethyl adjacent to an activating group) is 1. The number of aliphatic hydroxyl groups excluding tert-OH is 1. The number of H-pyrrole nitrogens is 1. The summed E-state index contributed by atoms with van der Waals surface area (Å²) in [7, 11) is 2.03. The van der Waals surface area contributed by atoms with E-state index in [-0.39, 0.29) is 0 Å². The molecule has 1 atom stereocenters. The second-order valence-electron chi connectivity index (χ2n) is 5.52. The molecule has 0 aliphatic heterocycles. The van der Waals surface area contributed by atoms with Crippen molar-refractivity contribution in [1.29, 1.82) is 0 Å². The van der Waals surface area contributed by atoms with Crippen LogP contribution in [0.1, 0.15) is 17.2 Å². The van der Waals surface area contributed by atoms with Crippen LogP contribution in [0, 0.1) is 0 Å². The molecule has 21 heavy (non-hydrogen) atoms. The van der Waals surface area contributed by atoms with Crippen molar-refractivity contribution in [1.82, 2.24) is 9.88 Å². The minimum atomic E-state index is -0.480. The number of benzene rings is 2. The number of rotatable bonds is 5. The van der Waals surface area contributed by atoms with Crippen molar-refractivity contribution in [3.63, 3.8) is 0 Å². The van der Waals surface area contributed by atoms with Gasteiger partial charge in [0.25, 0.3) is 0 Å². The molecule has 1 aromatic heterocycles. The van der Waals surface area contributed by atoms with Gasteiger partial charge in [0.1, 0.15) is 0 Å². The molecule has 0 saturated carbocycles. The molecular formula is C18H20N2O. The quantitative estimate of drug-likeness (QED) is 0.752. The monoisotopic (exact) mass is 280 g/mol. The lowest BCUT2D eigenvalue weighted by molar-refractivity contribution is 0.124. The average Bonchev–Trinajstić information content (AvgIpc) is 2.95. The van der Waals surface area contributed by atoms with E-state index < -0.39 is 6.10 Å². The third-order valence-electron chi connectivity index (χ3n) is 3.74. The Kier molecular flexibility index (Phi) is 4.04. The molecule has 1 heterocycles.